The van der Waals surface area contributed by atoms with Crippen LogP contribution in [0.3, 0.4) is 0 Å². The fourth-order valence-electron chi connectivity index (χ4n) is 1.89. The molecule has 0 amide bonds. The number of hydrogen-bond acceptors (Lipinski definition) is 2. The molecule has 0 aromatic heterocycles. The molecule has 0 bridgehead atoms. The Hall–Kier alpha value is -0.440. The predicted molar refractivity (Wildman–Crippen MR) is 85.9 cm³/mol. The van der Waals surface area contributed by atoms with Gasteiger partial charge in [0.1, 0.15) is 5.75 Å². The molecule has 0 radical (unpaired) electrons. The normalized spacial score (nSPS) is 12.8. The van der Waals surface area contributed by atoms with Gasteiger partial charge in [0.2, 0.25) is 0 Å². The second kappa shape index (κ2) is 7.37. The van der Waals surface area contributed by atoms with Gasteiger partial charge in [0, 0.05) is 6.04 Å². The number of ether oxygens (including phenoxy) is 1. The van der Waals surface area contributed by atoms with Crippen LogP contribution in [0.2, 0.25) is 5.02 Å². The minimum absolute atomic E-state index is 0. The molecule has 1 aromatic carbocycles. The van der Waals surface area contributed by atoms with Crippen LogP contribution < -0.4 is 10.5 Å². The van der Waals surface area contributed by atoms with Crippen molar-refractivity contribution in [2.24, 2.45) is 5.73 Å². The van der Waals surface area contributed by atoms with Crippen LogP contribution in [0.1, 0.15) is 45.2 Å². The molecular weight excluding hydrogens is 281 g/mol. The Balaban J connectivity index is 0.00000324. The largest absolute Gasteiger partial charge is 0.495 e. The third kappa shape index (κ3) is 4.87. The Kier molecular flexibility index (Phi) is 7.20. The van der Waals surface area contributed by atoms with Crippen molar-refractivity contribution in [2.75, 3.05) is 7.11 Å². The molecule has 0 heterocycles. The molecule has 1 aromatic rings. The van der Waals surface area contributed by atoms with Crippen molar-refractivity contribution in [1.29, 1.82) is 0 Å². The van der Waals surface area contributed by atoms with Crippen molar-refractivity contribution in [3.63, 3.8) is 0 Å². The molecule has 0 aliphatic heterocycles. The SMILES string of the molecule is CCC(N)Cc1cc(C(C)(C)C)cc(Cl)c1OC.Cl. The molecule has 2 N–H and O–H groups in total. The molecule has 0 saturated carbocycles. The molecule has 2 nitrogen and oxygen atoms in total. The van der Waals surface area contributed by atoms with E-state index in [1.54, 1.807) is 7.11 Å². The van der Waals surface area contributed by atoms with Crippen LogP contribution in [-0.4, -0.2) is 13.2 Å². The first kappa shape index (κ1) is 18.6. The summed E-state index contributed by atoms with van der Waals surface area (Å²) in [6.45, 7) is 8.62. The first-order chi connectivity index (χ1) is 8.29. The van der Waals surface area contributed by atoms with E-state index < -0.39 is 0 Å². The Morgan fingerprint density at radius 1 is 1.32 bits per heavy atom. The fourth-order valence-corrected chi connectivity index (χ4v) is 2.21. The van der Waals surface area contributed by atoms with Crippen molar-refractivity contribution >= 4 is 24.0 Å². The highest BCUT2D eigenvalue weighted by atomic mass is 35.5. The van der Waals surface area contributed by atoms with Crippen LogP contribution >= 0.6 is 24.0 Å². The Morgan fingerprint density at radius 3 is 2.32 bits per heavy atom. The number of benzene rings is 1. The summed E-state index contributed by atoms with van der Waals surface area (Å²) in [5.74, 6) is 0.758. The van der Waals surface area contributed by atoms with E-state index in [1.807, 2.05) is 6.07 Å². The second-order valence-electron chi connectivity index (χ2n) is 5.77. The summed E-state index contributed by atoms with van der Waals surface area (Å²) in [5, 5.41) is 0.670. The Bertz CT molecular complexity index is 413. The summed E-state index contributed by atoms with van der Waals surface area (Å²) in [4.78, 5) is 0. The van der Waals surface area contributed by atoms with Gasteiger partial charge in [-0.05, 0) is 35.4 Å². The van der Waals surface area contributed by atoms with Crippen LogP contribution in [-0.2, 0) is 11.8 Å². The highest BCUT2D eigenvalue weighted by Gasteiger charge is 2.19. The zero-order chi connectivity index (χ0) is 13.9. The minimum Gasteiger partial charge on any atom is -0.495 e. The minimum atomic E-state index is 0. The number of hydrogen-bond donors (Lipinski definition) is 1. The maximum absolute atomic E-state index is 6.30. The summed E-state index contributed by atoms with van der Waals surface area (Å²) in [6.07, 6.45) is 1.74. The van der Waals surface area contributed by atoms with E-state index in [9.17, 15) is 0 Å². The van der Waals surface area contributed by atoms with Gasteiger partial charge in [-0.2, -0.15) is 0 Å². The first-order valence-electron chi connectivity index (χ1n) is 6.42. The van der Waals surface area contributed by atoms with Crippen LogP contribution in [0, 0.1) is 0 Å². The van der Waals surface area contributed by atoms with Gasteiger partial charge in [-0.3, -0.25) is 0 Å². The van der Waals surface area contributed by atoms with E-state index in [1.165, 1.54) is 5.56 Å². The quantitative estimate of drug-likeness (QED) is 0.897. The lowest BCUT2D eigenvalue weighted by molar-refractivity contribution is 0.407. The predicted octanol–water partition coefficient (Wildman–Crippen LogP) is 4.35. The van der Waals surface area contributed by atoms with Gasteiger partial charge in [0.15, 0.2) is 0 Å². The molecule has 1 atom stereocenters. The first-order valence-corrected chi connectivity index (χ1v) is 6.79. The summed E-state index contributed by atoms with van der Waals surface area (Å²) in [7, 11) is 1.65. The molecule has 0 aliphatic rings. The molecule has 4 heteroatoms. The van der Waals surface area contributed by atoms with E-state index >= 15 is 0 Å². The standard InChI is InChI=1S/C15H24ClNO.ClH/c1-6-12(17)8-10-7-11(15(2,3)4)9-13(16)14(10)18-5;/h7,9,12H,6,8,17H2,1-5H3;1H. The lowest BCUT2D eigenvalue weighted by Gasteiger charge is -2.23. The highest BCUT2D eigenvalue weighted by Crippen LogP contribution is 2.35. The van der Waals surface area contributed by atoms with Crippen molar-refractivity contribution in [3.05, 3.63) is 28.3 Å². The lowest BCUT2D eigenvalue weighted by Crippen LogP contribution is -2.22. The van der Waals surface area contributed by atoms with Gasteiger partial charge in [-0.15, -0.1) is 12.4 Å². The van der Waals surface area contributed by atoms with Crippen molar-refractivity contribution in [1.82, 2.24) is 0 Å². The number of nitrogens with two attached hydrogens (primary N) is 1. The number of halogens is 2. The third-order valence-corrected chi connectivity index (χ3v) is 3.48. The molecule has 0 spiro atoms. The molecule has 110 valence electrons. The van der Waals surface area contributed by atoms with Gasteiger partial charge in [0.05, 0.1) is 12.1 Å². The Morgan fingerprint density at radius 2 is 1.89 bits per heavy atom. The summed E-state index contributed by atoms with van der Waals surface area (Å²) in [5.41, 5.74) is 8.43. The molecule has 1 rings (SSSR count). The summed E-state index contributed by atoms with van der Waals surface area (Å²) in [6, 6.07) is 4.30. The van der Waals surface area contributed by atoms with Crippen molar-refractivity contribution in [3.8, 4) is 5.75 Å². The average Bonchev–Trinajstić information content (AvgIpc) is 2.27. The zero-order valence-electron chi connectivity index (χ0n) is 12.4. The average molecular weight is 306 g/mol. The van der Waals surface area contributed by atoms with Crippen LogP contribution in [0.4, 0.5) is 0 Å². The van der Waals surface area contributed by atoms with Crippen LogP contribution in [0.25, 0.3) is 0 Å². The fraction of sp³-hybridized carbons (Fsp3) is 0.600. The van der Waals surface area contributed by atoms with Crippen LogP contribution in [0.15, 0.2) is 12.1 Å². The molecule has 19 heavy (non-hydrogen) atoms. The highest BCUT2D eigenvalue weighted by molar-refractivity contribution is 6.32. The van der Waals surface area contributed by atoms with E-state index in [0.717, 1.165) is 24.2 Å². The number of methoxy groups -OCH3 is 1. The summed E-state index contributed by atoms with van der Waals surface area (Å²) < 4.78 is 5.40. The maximum atomic E-state index is 6.30. The second-order valence-corrected chi connectivity index (χ2v) is 6.18. The van der Waals surface area contributed by atoms with Crippen molar-refractivity contribution in [2.45, 2.75) is 52.0 Å². The van der Waals surface area contributed by atoms with E-state index in [0.29, 0.717) is 5.02 Å². The number of rotatable bonds is 4. The molecule has 0 aliphatic carbocycles. The van der Waals surface area contributed by atoms with Gasteiger partial charge >= 0.3 is 0 Å². The zero-order valence-corrected chi connectivity index (χ0v) is 14.0. The lowest BCUT2D eigenvalue weighted by atomic mass is 9.85. The molecule has 1 unspecified atom stereocenters. The molecular formula is C15H25Cl2NO. The summed E-state index contributed by atoms with van der Waals surface area (Å²) >= 11 is 6.30. The molecule has 0 fully saturated rings. The van der Waals surface area contributed by atoms with E-state index in [4.69, 9.17) is 22.1 Å². The topological polar surface area (TPSA) is 35.2 Å². The molecule has 0 saturated heterocycles. The van der Waals surface area contributed by atoms with Crippen LogP contribution in [0.5, 0.6) is 5.75 Å². The third-order valence-electron chi connectivity index (χ3n) is 3.20. The maximum Gasteiger partial charge on any atom is 0.140 e. The Labute approximate surface area is 128 Å². The van der Waals surface area contributed by atoms with Crippen molar-refractivity contribution < 1.29 is 4.74 Å². The van der Waals surface area contributed by atoms with Gasteiger partial charge in [0.25, 0.3) is 0 Å². The monoisotopic (exact) mass is 305 g/mol. The smallest absolute Gasteiger partial charge is 0.140 e. The van der Waals surface area contributed by atoms with E-state index in [2.05, 4.69) is 33.8 Å². The van der Waals surface area contributed by atoms with Gasteiger partial charge in [-0.1, -0.05) is 45.4 Å². The van der Waals surface area contributed by atoms with Gasteiger partial charge in [-0.25, -0.2) is 0 Å². The van der Waals surface area contributed by atoms with E-state index in [-0.39, 0.29) is 23.9 Å². The van der Waals surface area contributed by atoms with Gasteiger partial charge < -0.3 is 10.5 Å².